The van der Waals surface area contributed by atoms with E-state index in [1.807, 2.05) is 0 Å². The summed E-state index contributed by atoms with van der Waals surface area (Å²) in [5.74, 6) is -1.05. The Morgan fingerprint density at radius 2 is 1.92 bits per heavy atom. The smallest absolute Gasteiger partial charge is 0.323 e. The summed E-state index contributed by atoms with van der Waals surface area (Å²) in [6.07, 6.45) is 0. The summed E-state index contributed by atoms with van der Waals surface area (Å²) >= 11 is 5.88. The average Bonchev–Trinajstić information content (AvgIpc) is 2.59. The summed E-state index contributed by atoms with van der Waals surface area (Å²) in [6.45, 7) is -0.318. The van der Waals surface area contributed by atoms with E-state index in [0.717, 1.165) is 16.7 Å². The molecule has 8 heteroatoms. The number of carbonyl (C=O) groups excluding carboxylic acids is 1. The fourth-order valence-corrected chi connectivity index (χ4v) is 2.73. The van der Waals surface area contributed by atoms with Gasteiger partial charge in [-0.2, -0.15) is 0 Å². The highest BCUT2D eigenvalue weighted by Crippen LogP contribution is 2.22. The van der Waals surface area contributed by atoms with Gasteiger partial charge in [-0.05, 0) is 30.3 Å². The van der Waals surface area contributed by atoms with Crippen molar-refractivity contribution in [3.8, 4) is 0 Å². The van der Waals surface area contributed by atoms with Crippen LogP contribution >= 0.6 is 11.6 Å². The molecule has 6 nitrogen and oxygen atoms in total. The van der Waals surface area contributed by atoms with Crippen LogP contribution in [0.5, 0.6) is 0 Å². The fraction of sp³-hybridized carbons (Fsp3) is 0.118. The van der Waals surface area contributed by atoms with Crippen LogP contribution in [0.25, 0.3) is 10.9 Å². The molecule has 0 saturated heterocycles. The van der Waals surface area contributed by atoms with E-state index in [9.17, 15) is 18.8 Å². The van der Waals surface area contributed by atoms with Crippen LogP contribution in [0, 0.1) is 5.82 Å². The second-order valence-electron chi connectivity index (χ2n) is 5.42. The average molecular weight is 362 g/mol. The molecule has 128 valence electrons. The molecule has 1 amide bonds. The standard InChI is InChI=1S/C17H13ClFN3O3/c1-21-16(24)11-4-2-3-5-14(11)22(17(21)25)9-15(23)20-13-7-6-10(19)8-12(13)18/h2-8H,9H2,1H3,(H,20,23). The number of amides is 1. The minimum atomic E-state index is -0.607. The number of hydrogen-bond donors (Lipinski definition) is 1. The highest BCUT2D eigenvalue weighted by Gasteiger charge is 2.14. The molecule has 2 aromatic carbocycles. The quantitative estimate of drug-likeness (QED) is 0.776. The number of carbonyl (C=O) groups is 1. The van der Waals surface area contributed by atoms with Crippen molar-refractivity contribution in [1.82, 2.24) is 9.13 Å². The van der Waals surface area contributed by atoms with Gasteiger partial charge in [-0.15, -0.1) is 0 Å². The zero-order chi connectivity index (χ0) is 18.1. The van der Waals surface area contributed by atoms with Crippen molar-refractivity contribution in [1.29, 1.82) is 0 Å². The van der Waals surface area contributed by atoms with Crippen molar-refractivity contribution in [3.05, 3.63) is 74.1 Å². The van der Waals surface area contributed by atoms with Crippen LogP contribution in [0.3, 0.4) is 0 Å². The van der Waals surface area contributed by atoms with Crippen LogP contribution in [0.4, 0.5) is 10.1 Å². The molecule has 1 N–H and O–H groups in total. The second kappa shape index (κ2) is 6.52. The number of aromatic nitrogens is 2. The molecule has 0 aliphatic rings. The minimum Gasteiger partial charge on any atom is -0.323 e. The number of anilines is 1. The van der Waals surface area contributed by atoms with E-state index >= 15 is 0 Å². The Hall–Kier alpha value is -2.93. The minimum absolute atomic E-state index is 0.0472. The lowest BCUT2D eigenvalue weighted by molar-refractivity contribution is -0.116. The third-order valence-electron chi connectivity index (χ3n) is 3.75. The second-order valence-corrected chi connectivity index (χ2v) is 5.83. The molecule has 1 heterocycles. The number of para-hydroxylation sites is 1. The Labute approximate surface area is 146 Å². The van der Waals surface area contributed by atoms with Crippen molar-refractivity contribution in [2.24, 2.45) is 7.05 Å². The summed E-state index contributed by atoms with van der Waals surface area (Å²) in [7, 11) is 1.35. The van der Waals surface area contributed by atoms with Gasteiger partial charge in [0.25, 0.3) is 5.56 Å². The number of hydrogen-bond acceptors (Lipinski definition) is 3. The molecule has 3 aromatic rings. The van der Waals surface area contributed by atoms with Crippen LogP contribution in [0.1, 0.15) is 0 Å². The summed E-state index contributed by atoms with van der Waals surface area (Å²) in [5.41, 5.74) is -0.450. The number of nitrogens with zero attached hydrogens (tertiary/aromatic N) is 2. The Morgan fingerprint density at radius 1 is 1.20 bits per heavy atom. The predicted octanol–water partition coefficient (Wildman–Crippen LogP) is 2.13. The fourth-order valence-electron chi connectivity index (χ4n) is 2.52. The summed E-state index contributed by atoms with van der Waals surface area (Å²) in [4.78, 5) is 36.8. The Bertz CT molecular complexity index is 1100. The van der Waals surface area contributed by atoms with Crippen LogP contribution in [-0.4, -0.2) is 15.0 Å². The van der Waals surface area contributed by atoms with Crippen LogP contribution in [0.2, 0.25) is 5.02 Å². The molecule has 0 saturated carbocycles. The van der Waals surface area contributed by atoms with Gasteiger partial charge in [0, 0.05) is 7.05 Å². The molecule has 0 bridgehead atoms. The normalized spacial score (nSPS) is 10.8. The number of rotatable bonds is 3. The third-order valence-corrected chi connectivity index (χ3v) is 4.07. The first-order chi connectivity index (χ1) is 11.9. The topological polar surface area (TPSA) is 73.1 Å². The number of fused-ring (bicyclic) bond motifs is 1. The van der Waals surface area contributed by atoms with Crippen molar-refractivity contribution in [3.63, 3.8) is 0 Å². The van der Waals surface area contributed by atoms with E-state index in [2.05, 4.69) is 5.32 Å². The van der Waals surface area contributed by atoms with Crippen molar-refractivity contribution in [2.45, 2.75) is 6.54 Å². The van der Waals surface area contributed by atoms with Crippen LogP contribution in [0.15, 0.2) is 52.1 Å². The molecular formula is C17H13ClFN3O3. The first-order valence-corrected chi connectivity index (χ1v) is 7.70. The van der Waals surface area contributed by atoms with E-state index in [1.54, 1.807) is 24.3 Å². The van der Waals surface area contributed by atoms with Gasteiger partial charge in [-0.1, -0.05) is 23.7 Å². The first kappa shape index (κ1) is 16.9. The number of halogens is 2. The molecule has 0 aliphatic carbocycles. The highest BCUT2D eigenvalue weighted by atomic mass is 35.5. The monoisotopic (exact) mass is 361 g/mol. The third kappa shape index (κ3) is 3.18. The van der Waals surface area contributed by atoms with Crippen molar-refractivity contribution >= 4 is 34.1 Å². The van der Waals surface area contributed by atoms with Gasteiger partial charge in [-0.25, -0.2) is 9.18 Å². The summed E-state index contributed by atoms with van der Waals surface area (Å²) in [5, 5.41) is 2.91. The van der Waals surface area contributed by atoms with Gasteiger partial charge in [0.2, 0.25) is 5.91 Å². The van der Waals surface area contributed by atoms with Gasteiger partial charge < -0.3 is 5.32 Å². The highest BCUT2D eigenvalue weighted by molar-refractivity contribution is 6.33. The zero-order valence-corrected chi connectivity index (χ0v) is 13.9. The van der Waals surface area contributed by atoms with Crippen molar-refractivity contribution in [2.75, 3.05) is 5.32 Å². The van der Waals surface area contributed by atoms with E-state index in [4.69, 9.17) is 11.6 Å². The molecule has 0 spiro atoms. The first-order valence-electron chi connectivity index (χ1n) is 7.32. The molecule has 0 fully saturated rings. The Balaban J connectivity index is 1.99. The molecule has 0 atom stereocenters. The number of benzene rings is 2. The molecule has 25 heavy (non-hydrogen) atoms. The van der Waals surface area contributed by atoms with E-state index in [1.165, 1.54) is 17.7 Å². The molecule has 0 unspecified atom stereocenters. The SMILES string of the molecule is Cn1c(=O)c2ccccc2n(CC(=O)Nc2ccc(F)cc2Cl)c1=O. The Kier molecular flexibility index (Phi) is 4.41. The van der Waals surface area contributed by atoms with Crippen LogP contribution < -0.4 is 16.6 Å². The maximum absolute atomic E-state index is 13.1. The molecule has 3 rings (SSSR count). The van der Waals surface area contributed by atoms with Gasteiger partial charge in [0.05, 0.1) is 21.6 Å². The van der Waals surface area contributed by atoms with Gasteiger partial charge in [-0.3, -0.25) is 18.7 Å². The van der Waals surface area contributed by atoms with E-state index < -0.39 is 23.0 Å². The van der Waals surface area contributed by atoms with E-state index in [0.29, 0.717) is 10.9 Å². The van der Waals surface area contributed by atoms with Crippen LogP contribution in [-0.2, 0) is 18.4 Å². The van der Waals surface area contributed by atoms with Gasteiger partial charge >= 0.3 is 5.69 Å². The lowest BCUT2D eigenvalue weighted by atomic mass is 10.2. The zero-order valence-electron chi connectivity index (χ0n) is 13.1. The lowest BCUT2D eigenvalue weighted by Gasteiger charge is -2.12. The molecular weight excluding hydrogens is 349 g/mol. The number of nitrogens with one attached hydrogen (secondary N) is 1. The predicted molar refractivity (Wildman–Crippen MR) is 93.5 cm³/mol. The van der Waals surface area contributed by atoms with Crippen molar-refractivity contribution < 1.29 is 9.18 Å². The molecule has 1 aromatic heterocycles. The molecule has 0 radical (unpaired) electrons. The lowest BCUT2D eigenvalue weighted by Crippen LogP contribution is -2.40. The summed E-state index contributed by atoms with van der Waals surface area (Å²) in [6, 6.07) is 10.1. The largest absolute Gasteiger partial charge is 0.331 e. The Morgan fingerprint density at radius 3 is 2.64 bits per heavy atom. The maximum atomic E-state index is 13.1. The summed E-state index contributed by atoms with van der Waals surface area (Å²) < 4.78 is 15.2. The molecule has 0 aliphatic heterocycles. The van der Waals surface area contributed by atoms with E-state index in [-0.39, 0.29) is 17.3 Å². The van der Waals surface area contributed by atoms with Gasteiger partial charge in [0.1, 0.15) is 12.4 Å². The van der Waals surface area contributed by atoms with Gasteiger partial charge in [0.15, 0.2) is 0 Å². The maximum Gasteiger partial charge on any atom is 0.331 e.